The number of ketones is 1. The van der Waals surface area contributed by atoms with E-state index in [2.05, 4.69) is 6.92 Å². The molecule has 3 heteroatoms. The summed E-state index contributed by atoms with van der Waals surface area (Å²) in [6, 6.07) is 7.42. The molecule has 1 aromatic rings. The molecule has 0 aliphatic carbocycles. The Morgan fingerprint density at radius 3 is 2.62 bits per heavy atom. The number of hydrogen-bond acceptors (Lipinski definition) is 2. The topological polar surface area (TPSA) is 54.4 Å². The van der Waals surface area contributed by atoms with Crippen LogP contribution in [0.5, 0.6) is 0 Å². The molecule has 0 atom stereocenters. The fraction of sp³-hybridized carbons (Fsp3) is 0.385. The second-order valence-corrected chi connectivity index (χ2v) is 3.77. The van der Waals surface area contributed by atoms with E-state index in [1.165, 1.54) is 0 Å². The number of Topliss-reactive ketones (excluding diaryl/α,β-unsaturated/α-hetero) is 1. The van der Waals surface area contributed by atoms with Crippen molar-refractivity contribution in [2.24, 2.45) is 0 Å². The van der Waals surface area contributed by atoms with Crippen molar-refractivity contribution in [1.82, 2.24) is 0 Å². The Bertz CT molecular complexity index is 383. The molecule has 0 aliphatic rings. The van der Waals surface area contributed by atoms with Gasteiger partial charge in [-0.05, 0) is 18.1 Å². The standard InChI is InChI=1S/C13H16O3/c1-2-4-10-5-3-6-11(9-10)12(14)7-8-13(15)16/h3,5-6,9H,2,4,7-8H2,1H3,(H,15,16). The van der Waals surface area contributed by atoms with Gasteiger partial charge in [0.25, 0.3) is 0 Å². The van der Waals surface area contributed by atoms with Gasteiger partial charge in [-0.1, -0.05) is 31.5 Å². The van der Waals surface area contributed by atoms with Crippen molar-refractivity contribution >= 4 is 11.8 Å². The minimum Gasteiger partial charge on any atom is -0.481 e. The fourth-order valence-corrected chi connectivity index (χ4v) is 1.55. The number of carbonyl (C=O) groups is 2. The van der Waals surface area contributed by atoms with Gasteiger partial charge in [-0.2, -0.15) is 0 Å². The lowest BCUT2D eigenvalue weighted by Crippen LogP contribution is -2.04. The minimum absolute atomic E-state index is 0.0743. The highest BCUT2D eigenvalue weighted by atomic mass is 16.4. The van der Waals surface area contributed by atoms with Gasteiger partial charge in [0.05, 0.1) is 6.42 Å². The number of hydrogen-bond donors (Lipinski definition) is 1. The van der Waals surface area contributed by atoms with E-state index in [-0.39, 0.29) is 18.6 Å². The molecule has 0 saturated carbocycles. The van der Waals surface area contributed by atoms with Crippen LogP contribution in [-0.4, -0.2) is 16.9 Å². The molecule has 0 unspecified atom stereocenters. The Labute approximate surface area is 95.1 Å². The van der Waals surface area contributed by atoms with Crippen LogP contribution >= 0.6 is 0 Å². The van der Waals surface area contributed by atoms with Gasteiger partial charge in [0, 0.05) is 12.0 Å². The molecule has 3 nitrogen and oxygen atoms in total. The maximum absolute atomic E-state index is 11.6. The molecule has 16 heavy (non-hydrogen) atoms. The number of carbonyl (C=O) groups excluding carboxylic acids is 1. The van der Waals surface area contributed by atoms with E-state index in [1.54, 1.807) is 6.07 Å². The summed E-state index contributed by atoms with van der Waals surface area (Å²) in [6.45, 7) is 2.08. The van der Waals surface area contributed by atoms with E-state index in [0.29, 0.717) is 5.56 Å². The van der Waals surface area contributed by atoms with Crippen molar-refractivity contribution in [2.75, 3.05) is 0 Å². The second kappa shape index (κ2) is 6.05. The fourth-order valence-electron chi connectivity index (χ4n) is 1.55. The Balaban J connectivity index is 2.67. The molecule has 0 aromatic heterocycles. The van der Waals surface area contributed by atoms with E-state index in [0.717, 1.165) is 18.4 Å². The Kier molecular flexibility index (Phi) is 4.70. The summed E-state index contributed by atoms with van der Waals surface area (Å²) in [5.74, 6) is -1.03. The first-order chi connectivity index (χ1) is 7.63. The molecule has 0 radical (unpaired) electrons. The predicted molar refractivity (Wildman–Crippen MR) is 61.6 cm³/mol. The molecule has 1 N–H and O–H groups in total. The van der Waals surface area contributed by atoms with Crippen LogP contribution in [0.15, 0.2) is 24.3 Å². The molecule has 0 saturated heterocycles. The van der Waals surface area contributed by atoms with Gasteiger partial charge in [0.15, 0.2) is 5.78 Å². The highest BCUT2D eigenvalue weighted by molar-refractivity contribution is 5.97. The molecular weight excluding hydrogens is 204 g/mol. The summed E-state index contributed by atoms with van der Waals surface area (Å²) < 4.78 is 0. The zero-order chi connectivity index (χ0) is 12.0. The quantitative estimate of drug-likeness (QED) is 0.750. The van der Waals surface area contributed by atoms with Gasteiger partial charge in [-0.15, -0.1) is 0 Å². The number of aryl methyl sites for hydroxylation is 1. The van der Waals surface area contributed by atoms with Gasteiger partial charge in [-0.3, -0.25) is 9.59 Å². The highest BCUT2D eigenvalue weighted by Gasteiger charge is 2.08. The zero-order valence-corrected chi connectivity index (χ0v) is 9.40. The smallest absolute Gasteiger partial charge is 0.303 e. The van der Waals surface area contributed by atoms with Crippen LogP contribution in [-0.2, 0) is 11.2 Å². The lowest BCUT2D eigenvalue weighted by Gasteiger charge is -2.02. The third kappa shape index (κ3) is 3.85. The maximum Gasteiger partial charge on any atom is 0.303 e. The van der Waals surface area contributed by atoms with E-state index in [9.17, 15) is 9.59 Å². The Morgan fingerprint density at radius 1 is 1.25 bits per heavy atom. The largest absolute Gasteiger partial charge is 0.481 e. The van der Waals surface area contributed by atoms with Gasteiger partial charge in [-0.25, -0.2) is 0 Å². The molecule has 0 amide bonds. The van der Waals surface area contributed by atoms with Crippen molar-refractivity contribution in [1.29, 1.82) is 0 Å². The molecule has 86 valence electrons. The number of aliphatic carboxylic acids is 1. The Hall–Kier alpha value is -1.64. The summed E-state index contributed by atoms with van der Waals surface area (Å²) in [7, 11) is 0. The zero-order valence-electron chi connectivity index (χ0n) is 9.40. The lowest BCUT2D eigenvalue weighted by atomic mass is 10.0. The summed E-state index contributed by atoms with van der Waals surface area (Å²) >= 11 is 0. The minimum atomic E-state index is -0.932. The Morgan fingerprint density at radius 2 is 2.00 bits per heavy atom. The van der Waals surface area contributed by atoms with Crippen molar-refractivity contribution in [3.8, 4) is 0 Å². The summed E-state index contributed by atoms with van der Waals surface area (Å²) in [4.78, 5) is 22.0. The molecule has 0 fully saturated rings. The average Bonchev–Trinajstić information content (AvgIpc) is 2.26. The average molecular weight is 220 g/mol. The van der Waals surface area contributed by atoms with Gasteiger partial charge < -0.3 is 5.11 Å². The van der Waals surface area contributed by atoms with E-state index >= 15 is 0 Å². The van der Waals surface area contributed by atoms with E-state index in [4.69, 9.17) is 5.11 Å². The summed E-state index contributed by atoms with van der Waals surface area (Å²) in [6.07, 6.45) is 1.95. The normalized spacial score (nSPS) is 10.1. The lowest BCUT2D eigenvalue weighted by molar-refractivity contribution is -0.136. The van der Waals surface area contributed by atoms with Crippen LogP contribution in [0.2, 0.25) is 0 Å². The van der Waals surface area contributed by atoms with Crippen LogP contribution in [0, 0.1) is 0 Å². The predicted octanol–water partition coefficient (Wildman–Crippen LogP) is 2.69. The molecular formula is C13H16O3. The monoisotopic (exact) mass is 220 g/mol. The molecule has 0 heterocycles. The van der Waals surface area contributed by atoms with Crippen molar-refractivity contribution < 1.29 is 14.7 Å². The number of benzene rings is 1. The molecule has 1 rings (SSSR count). The van der Waals surface area contributed by atoms with Crippen molar-refractivity contribution in [2.45, 2.75) is 32.6 Å². The van der Waals surface area contributed by atoms with Crippen LogP contribution in [0.4, 0.5) is 0 Å². The van der Waals surface area contributed by atoms with Gasteiger partial charge >= 0.3 is 5.97 Å². The van der Waals surface area contributed by atoms with Crippen LogP contribution < -0.4 is 0 Å². The summed E-state index contributed by atoms with van der Waals surface area (Å²) in [5, 5.41) is 8.50. The molecule has 1 aromatic carbocycles. The third-order valence-electron chi connectivity index (χ3n) is 2.35. The molecule has 0 spiro atoms. The first-order valence-corrected chi connectivity index (χ1v) is 5.47. The van der Waals surface area contributed by atoms with E-state index < -0.39 is 5.97 Å². The van der Waals surface area contributed by atoms with Crippen molar-refractivity contribution in [3.63, 3.8) is 0 Å². The van der Waals surface area contributed by atoms with Crippen LogP contribution in [0.3, 0.4) is 0 Å². The first kappa shape index (κ1) is 12.4. The third-order valence-corrected chi connectivity index (χ3v) is 2.35. The van der Waals surface area contributed by atoms with Crippen LogP contribution in [0.1, 0.15) is 42.1 Å². The van der Waals surface area contributed by atoms with Crippen molar-refractivity contribution in [3.05, 3.63) is 35.4 Å². The highest BCUT2D eigenvalue weighted by Crippen LogP contribution is 2.10. The number of rotatable bonds is 6. The number of carboxylic acids is 1. The van der Waals surface area contributed by atoms with Crippen LogP contribution in [0.25, 0.3) is 0 Å². The first-order valence-electron chi connectivity index (χ1n) is 5.47. The van der Waals surface area contributed by atoms with Gasteiger partial charge in [0.1, 0.15) is 0 Å². The molecule has 0 bridgehead atoms. The van der Waals surface area contributed by atoms with E-state index in [1.807, 2.05) is 18.2 Å². The van der Waals surface area contributed by atoms with Gasteiger partial charge in [0.2, 0.25) is 0 Å². The summed E-state index contributed by atoms with van der Waals surface area (Å²) in [5.41, 5.74) is 1.75. The number of carboxylic acid groups (broad SMARTS) is 1. The molecule has 0 aliphatic heterocycles. The SMILES string of the molecule is CCCc1cccc(C(=O)CCC(=O)O)c1. The second-order valence-electron chi connectivity index (χ2n) is 3.77. The maximum atomic E-state index is 11.6.